The third-order valence-electron chi connectivity index (χ3n) is 4.71. The third kappa shape index (κ3) is 6.40. The van der Waals surface area contributed by atoms with Crippen LogP contribution in [0.5, 0.6) is 0 Å². The van der Waals surface area contributed by atoms with Gasteiger partial charge in [-0.05, 0) is 67.1 Å². The van der Waals surface area contributed by atoms with E-state index in [9.17, 15) is 21.6 Å². The number of primary sulfonamides is 1. The number of benzene rings is 3. The molecule has 0 radical (unpaired) electrons. The minimum absolute atomic E-state index is 0.0202. The number of carbonyl (C=O) groups excluding carboxylic acids is 1. The van der Waals surface area contributed by atoms with Crippen molar-refractivity contribution in [2.75, 3.05) is 10.6 Å². The molecule has 176 valence electrons. The maximum absolute atomic E-state index is 12.7. The lowest BCUT2D eigenvalue weighted by atomic mass is 10.1. The lowest BCUT2D eigenvalue weighted by molar-refractivity contribution is 0.262. The number of anilines is 2. The van der Waals surface area contributed by atoms with Crippen LogP contribution in [0.15, 0.2) is 82.6 Å². The fourth-order valence-electron chi connectivity index (χ4n) is 2.99. The number of nitrogens with two attached hydrogens (primary N) is 1. The Morgan fingerprint density at radius 3 is 2.06 bits per heavy atom. The predicted molar refractivity (Wildman–Crippen MR) is 127 cm³/mol. The molecule has 0 aromatic heterocycles. The summed E-state index contributed by atoms with van der Waals surface area (Å²) in [6, 6.07) is 18.3. The third-order valence-corrected chi connectivity index (χ3v) is 7.20. The van der Waals surface area contributed by atoms with Gasteiger partial charge in [0.1, 0.15) is 0 Å². The highest BCUT2D eigenvalue weighted by Crippen LogP contribution is 2.20. The molecular formula is C22H21N5O5S2. The summed E-state index contributed by atoms with van der Waals surface area (Å²) >= 11 is 0. The molecule has 0 aliphatic rings. The first-order valence-electron chi connectivity index (χ1n) is 9.81. The van der Waals surface area contributed by atoms with E-state index in [-0.39, 0.29) is 9.79 Å². The van der Waals surface area contributed by atoms with E-state index in [2.05, 4.69) is 15.4 Å². The SMILES string of the molecule is CC(NS(=O)(=O)c1ccc(NC(=O)Nc2cccc(C#N)c2)cc1)c1ccc(S(N)(=O)=O)cc1. The number of amides is 2. The summed E-state index contributed by atoms with van der Waals surface area (Å²) in [5.41, 5.74) is 1.74. The minimum Gasteiger partial charge on any atom is -0.308 e. The van der Waals surface area contributed by atoms with Crippen LogP contribution in [0.3, 0.4) is 0 Å². The van der Waals surface area contributed by atoms with Crippen LogP contribution < -0.4 is 20.5 Å². The molecule has 5 N–H and O–H groups in total. The highest BCUT2D eigenvalue weighted by atomic mass is 32.2. The first kappa shape index (κ1) is 24.9. The van der Waals surface area contributed by atoms with Crippen molar-refractivity contribution in [1.29, 1.82) is 5.26 Å². The smallest absolute Gasteiger partial charge is 0.308 e. The van der Waals surface area contributed by atoms with E-state index in [1.807, 2.05) is 6.07 Å². The summed E-state index contributed by atoms with van der Waals surface area (Å²) in [6.45, 7) is 1.62. The minimum atomic E-state index is -3.90. The van der Waals surface area contributed by atoms with Gasteiger partial charge in [-0.2, -0.15) is 5.26 Å². The normalized spacial score (nSPS) is 12.4. The van der Waals surface area contributed by atoms with E-state index in [0.717, 1.165) is 0 Å². The lowest BCUT2D eigenvalue weighted by Crippen LogP contribution is -2.27. The van der Waals surface area contributed by atoms with Crippen LogP contribution in [0, 0.1) is 11.3 Å². The maximum Gasteiger partial charge on any atom is 0.323 e. The average molecular weight is 500 g/mol. The summed E-state index contributed by atoms with van der Waals surface area (Å²) in [5, 5.41) is 19.2. The van der Waals surface area contributed by atoms with Gasteiger partial charge in [0.2, 0.25) is 20.0 Å². The maximum atomic E-state index is 12.7. The molecule has 0 saturated carbocycles. The first-order valence-corrected chi connectivity index (χ1v) is 12.8. The summed E-state index contributed by atoms with van der Waals surface area (Å²) in [6.07, 6.45) is 0. The van der Waals surface area contributed by atoms with Crippen LogP contribution in [0.4, 0.5) is 16.2 Å². The fraction of sp³-hybridized carbons (Fsp3) is 0.0909. The molecule has 1 unspecified atom stereocenters. The fourth-order valence-corrected chi connectivity index (χ4v) is 4.74. The number of sulfonamides is 2. The van der Waals surface area contributed by atoms with Crippen molar-refractivity contribution in [1.82, 2.24) is 4.72 Å². The number of hydrogen-bond donors (Lipinski definition) is 4. The lowest BCUT2D eigenvalue weighted by Gasteiger charge is -2.15. The molecule has 3 aromatic carbocycles. The Hall–Kier alpha value is -3.76. The van der Waals surface area contributed by atoms with Crippen molar-refractivity contribution < 1.29 is 21.6 Å². The van der Waals surface area contributed by atoms with Gasteiger partial charge in [-0.3, -0.25) is 0 Å². The Morgan fingerprint density at radius 2 is 1.47 bits per heavy atom. The molecule has 0 saturated heterocycles. The van der Waals surface area contributed by atoms with Gasteiger partial charge in [-0.1, -0.05) is 18.2 Å². The molecule has 0 aliphatic carbocycles. The first-order chi connectivity index (χ1) is 16.0. The molecule has 0 fully saturated rings. The molecule has 1 atom stereocenters. The van der Waals surface area contributed by atoms with Gasteiger partial charge in [0.15, 0.2) is 0 Å². The number of nitrogens with one attached hydrogen (secondary N) is 3. The largest absolute Gasteiger partial charge is 0.323 e. The van der Waals surface area contributed by atoms with Gasteiger partial charge in [-0.15, -0.1) is 0 Å². The molecule has 10 nitrogen and oxygen atoms in total. The number of nitrogens with zero attached hydrogens (tertiary/aromatic N) is 1. The Balaban J connectivity index is 1.64. The van der Waals surface area contributed by atoms with Gasteiger partial charge in [-0.25, -0.2) is 31.5 Å². The molecule has 12 heteroatoms. The number of hydrogen-bond acceptors (Lipinski definition) is 6. The van der Waals surface area contributed by atoms with Crippen LogP contribution >= 0.6 is 0 Å². The van der Waals surface area contributed by atoms with E-state index in [4.69, 9.17) is 10.4 Å². The van der Waals surface area contributed by atoms with Crippen LogP contribution in [0.2, 0.25) is 0 Å². The summed E-state index contributed by atoms with van der Waals surface area (Å²) in [5.74, 6) is 0. The van der Waals surface area contributed by atoms with Crippen molar-refractivity contribution in [2.24, 2.45) is 5.14 Å². The number of carbonyl (C=O) groups is 1. The second-order valence-corrected chi connectivity index (χ2v) is 10.5. The zero-order chi connectivity index (χ0) is 24.9. The van der Waals surface area contributed by atoms with E-state index < -0.39 is 32.1 Å². The second kappa shape index (κ2) is 10.0. The average Bonchev–Trinajstić information content (AvgIpc) is 2.78. The highest BCUT2D eigenvalue weighted by Gasteiger charge is 2.19. The molecule has 3 aromatic rings. The van der Waals surface area contributed by atoms with E-state index in [1.54, 1.807) is 25.1 Å². The number of urea groups is 1. The van der Waals surface area contributed by atoms with Crippen molar-refractivity contribution in [3.63, 3.8) is 0 Å². The molecule has 0 spiro atoms. The molecule has 3 rings (SSSR count). The summed E-state index contributed by atoms with van der Waals surface area (Å²) < 4.78 is 50.7. The molecule has 0 bridgehead atoms. The Bertz CT molecular complexity index is 1450. The zero-order valence-electron chi connectivity index (χ0n) is 17.9. The van der Waals surface area contributed by atoms with Crippen molar-refractivity contribution in [2.45, 2.75) is 22.8 Å². The predicted octanol–water partition coefficient (Wildman–Crippen LogP) is 2.89. The molecule has 0 aliphatic heterocycles. The molecule has 0 heterocycles. The molecule has 2 amide bonds. The van der Waals surface area contributed by atoms with Gasteiger partial charge in [0.05, 0.1) is 21.4 Å². The van der Waals surface area contributed by atoms with Crippen LogP contribution in [0.25, 0.3) is 0 Å². The monoisotopic (exact) mass is 499 g/mol. The zero-order valence-corrected chi connectivity index (χ0v) is 19.5. The van der Waals surface area contributed by atoms with Crippen molar-refractivity contribution in [3.05, 3.63) is 83.9 Å². The van der Waals surface area contributed by atoms with Crippen LogP contribution in [-0.2, 0) is 20.0 Å². The molecule has 34 heavy (non-hydrogen) atoms. The van der Waals surface area contributed by atoms with Gasteiger partial charge < -0.3 is 10.6 Å². The Kier molecular flexibility index (Phi) is 7.33. The standard InChI is InChI=1S/C22H21N5O5S2/c1-15(17-5-9-20(10-6-17)33(24,29)30)27-34(31,32)21-11-7-18(8-12-21)25-22(28)26-19-4-2-3-16(13-19)14-23/h2-13,15,27H,1H3,(H2,24,29,30)(H2,25,26,28). The van der Waals surface area contributed by atoms with Gasteiger partial charge in [0.25, 0.3) is 0 Å². The molecular weight excluding hydrogens is 478 g/mol. The Labute approximate surface area is 197 Å². The van der Waals surface area contributed by atoms with Gasteiger partial charge in [0, 0.05) is 17.4 Å². The van der Waals surface area contributed by atoms with Crippen LogP contribution in [-0.4, -0.2) is 22.9 Å². The Morgan fingerprint density at radius 1 is 0.882 bits per heavy atom. The van der Waals surface area contributed by atoms with Crippen molar-refractivity contribution >= 4 is 37.5 Å². The van der Waals surface area contributed by atoms with Crippen molar-refractivity contribution in [3.8, 4) is 6.07 Å². The van der Waals surface area contributed by atoms with Gasteiger partial charge >= 0.3 is 6.03 Å². The highest BCUT2D eigenvalue weighted by molar-refractivity contribution is 7.89. The number of rotatable bonds is 7. The van der Waals surface area contributed by atoms with Crippen LogP contribution in [0.1, 0.15) is 24.1 Å². The summed E-state index contributed by atoms with van der Waals surface area (Å²) in [7, 11) is -7.74. The van der Waals surface area contributed by atoms with E-state index in [1.165, 1.54) is 54.6 Å². The quantitative estimate of drug-likeness (QED) is 0.389. The summed E-state index contributed by atoms with van der Waals surface area (Å²) in [4.78, 5) is 12.1. The van der Waals surface area contributed by atoms with E-state index in [0.29, 0.717) is 22.5 Å². The topological polar surface area (TPSA) is 171 Å². The number of nitriles is 1. The van der Waals surface area contributed by atoms with E-state index >= 15 is 0 Å². The second-order valence-electron chi connectivity index (χ2n) is 7.25.